The molecule has 1 N–H and O–H groups in total. The highest BCUT2D eigenvalue weighted by Gasteiger charge is 2.21. The second-order valence-electron chi connectivity index (χ2n) is 5.96. The normalized spacial score (nSPS) is 22.1. The van der Waals surface area contributed by atoms with Crippen LogP contribution >= 0.6 is 0 Å². The molecule has 2 aromatic carbocycles. The number of rotatable bonds is 3. The summed E-state index contributed by atoms with van der Waals surface area (Å²) in [4.78, 5) is 11.3. The summed E-state index contributed by atoms with van der Waals surface area (Å²) in [5.41, 5.74) is 0.329. The van der Waals surface area contributed by atoms with Crippen molar-refractivity contribution in [2.75, 3.05) is 0 Å². The molecule has 0 unspecified atom stereocenters. The van der Waals surface area contributed by atoms with Crippen molar-refractivity contribution < 1.29 is 14.6 Å². The summed E-state index contributed by atoms with van der Waals surface area (Å²) < 4.78 is 6.16. The Kier molecular flexibility index (Phi) is 3.82. The molecule has 0 saturated heterocycles. The van der Waals surface area contributed by atoms with E-state index in [-0.39, 0.29) is 6.10 Å². The molecule has 21 heavy (non-hydrogen) atoms. The van der Waals surface area contributed by atoms with E-state index < -0.39 is 5.97 Å². The van der Waals surface area contributed by atoms with Gasteiger partial charge in [0.25, 0.3) is 0 Å². The van der Waals surface area contributed by atoms with Gasteiger partial charge in [0, 0.05) is 5.39 Å². The van der Waals surface area contributed by atoms with Crippen molar-refractivity contribution in [1.82, 2.24) is 0 Å². The first-order chi connectivity index (χ1) is 10.1. The standard InChI is InChI=1S/C18H20O3/c1-12-6-8-13(9-7-12)21-17-11-10-16(18(19)20)14-4-2-3-5-15(14)17/h2-5,10-13H,6-9H2,1H3,(H,19,20). The number of aromatic carboxylic acids is 1. The lowest BCUT2D eigenvalue weighted by atomic mass is 9.89. The van der Waals surface area contributed by atoms with Gasteiger partial charge in [-0.15, -0.1) is 0 Å². The molecule has 0 spiro atoms. The lowest BCUT2D eigenvalue weighted by Crippen LogP contribution is -2.23. The van der Waals surface area contributed by atoms with Crippen molar-refractivity contribution in [1.29, 1.82) is 0 Å². The number of carboxylic acids is 1. The quantitative estimate of drug-likeness (QED) is 0.903. The maximum absolute atomic E-state index is 11.3. The molecule has 1 fully saturated rings. The minimum Gasteiger partial charge on any atom is -0.490 e. The average Bonchev–Trinajstić information content (AvgIpc) is 2.49. The van der Waals surface area contributed by atoms with Gasteiger partial charge in [-0.2, -0.15) is 0 Å². The first-order valence-corrected chi connectivity index (χ1v) is 7.57. The zero-order valence-corrected chi connectivity index (χ0v) is 12.2. The zero-order valence-electron chi connectivity index (χ0n) is 12.2. The molecule has 3 nitrogen and oxygen atoms in total. The summed E-state index contributed by atoms with van der Waals surface area (Å²) >= 11 is 0. The number of hydrogen-bond acceptors (Lipinski definition) is 2. The maximum Gasteiger partial charge on any atom is 0.336 e. The van der Waals surface area contributed by atoms with E-state index >= 15 is 0 Å². The lowest BCUT2D eigenvalue weighted by molar-refractivity contribution is 0.0699. The van der Waals surface area contributed by atoms with Gasteiger partial charge in [0.15, 0.2) is 0 Å². The lowest BCUT2D eigenvalue weighted by Gasteiger charge is -2.27. The third-order valence-corrected chi connectivity index (χ3v) is 4.37. The van der Waals surface area contributed by atoms with Crippen LogP contribution in [0.4, 0.5) is 0 Å². The predicted octanol–water partition coefficient (Wildman–Crippen LogP) is 4.50. The summed E-state index contributed by atoms with van der Waals surface area (Å²) in [6.07, 6.45) is 4.82. The van der Waals surface area contributed by atoms with E-state index in [0.717, 1.165) is 35.3 Å². The highest BCUT2D eigenvalue weighted by Crippen LogP contribution is 2.32. The highest BCUT2D eigenvalue weighted by atomic mass is 16.5. The molecule has 0 aliphatic heterocycles. The molecule has 0 atom stereocenters. The van der Waals surface area contributed by atoms with Gasteiger partial charge in [0.2, 0.25) is 0 Å². The van der Waals surface area contributed by atoms with Gasteiger partial charge < -0.3 is 9.84 Å². The Morgan fingerprint density at radius 3 is 2.38 bits per heavy atom. The summed E-state index contributed by atoms with van der Waals surface area (Å²) in [5.74, 6) is 0.690. The third kappa shape index (κ3) is 2.87. The van der Waals surface area contributed by atoms with Gasteiger partial charge in [0.1, 0.15) is 5.75 Å². The number of carboxylic acid groups (broad SMARTS) is 1. The summed E-state index contributed by atoms with van der Waals surface area (Å²) in [6, 6.07) is 11.0. The summed E-state index contributed by atoms with van der Waals surface area (Å²) in [6.45, 7) is 2.28. The van der Waals surface area contributed by atoms with Crippen LogP contribution in [-0.2, 0) is 0 Å². The number of hydrogen-bond donors (Lipinski definition) is 1. The van der Waals surface area contributed by atoms with Crippen LogP contribution in [0, 0.1) is 5.92 Å². The molecular weight excluding hydrogens is 264 g/mol. The molecule has 3 rings (SSSR count). The number of carbonyl (C=O) groups is 1. The second kappa shape index (κ2) is 5.76. The number of benzene rings is 2. The SMILES string of the molecule is CC1CCC(Oc2ccc(C(=O)O)c3ccccc23)CC1. The Labute approximate surface area is 124 Å². The predicted molar refractivity (Wildman–Crippen MR) is 83.0 cm³/mol. The van der Waals surface area contributed by atoms with Crippen LogP contribution in [0.3, 0.4) is 0 Å². The molecule has 1 aliphatic rings. The average molecular weight is 284 g/mol. The van der Waals surface area contributed by atoms with Crippen molar-refractivity contribution in [2.24, 2.45) is 5.92 Å². The Hall–Kier alpha value is -2.03. The Morgan fingerprint density at radius 1 is 1.05 bits per heavy atom. The van der Waals surface area contributed by atoms with Gasteiger partial charge in [-0.05, 0) is 49.1 Å². The van der Waals surface area contributed by atoms with E-state index in [9.17, 15) is 9.90 Å². The molecule has 110 valence electrons. The van der Waals surface area contributed by atoms with E-state index in [1.165, 1.54) is 12.8 Å². The molecule has 0 bridgehead atoms. The Morgan fingerprint density at radius 2 is 1.71 bits per heavy atom. The van der Waals surface area contributed by atoms with Crippen LogP contribution in [0.15, 0.2) is 36.4 Å². The van der Waals surface area contributed by atoms with E-state index in [2.05, 4.69) is 6.92 Å². The minimum absolute atomic E-state index is 0.250. The van der Waals surface area contributed by atoms with Crippen molar-refractivity contribution in [3.8, 4) is 5.75 Å². The van der Waals surface area contributed by atoms with Crippen molar-refractivity contribution in [3.63, 3.8) is 0 Å². The number of ether oxygens (including phenoxy) is 1. The van der Waals surface area contributed by atoms with Crippen molar-refractivity contribution >= 4 is 16.7 Å². The van der Waals surface area contributed by atoms with Gasteiger partial charge in [-0.3, -0.25) is 0 Å². The largest absolute Gasteiger partial charge is 0.490 e. The molecule has 2 aromatic rings. The van der Waals surface area contributed by atoms with Crippen molar-refractivity contribution in [2.45, 2.75) is 38.7 Å². The zero-order chi connectivity index (χ0) is 14.8. The smallest absolute Gasteiger partial charge is 0.336 e. The highest BCUT2D eigenvalue weighted by molar-refractivity contribution is 6.05. The Bertz CT molecular complexity index is 655. The fraction of sp³-hybridized carbons (Fsp3) is 0.389. The first kappa shape index (κ1) is 13.9. The molecule has 1 saturated carbocycles. The van der Waals surface area contributed by atoms with Crippen LogP contribution in [0.1, 0.15) is 43.0 Å². The molecule has 0 aromatic heterocycles. The van der Waals surface area contributed by atoms with Gasteiger partial charge >= 0.3 is 5.97 Å². The van der Waals surface area contributed by atoms with Crippen LogP contribution < -0.4 is 4.74 Å². The molecule has 0 radical (unpaired) electrons. The topological polar surface area (TPSA) is 46.5 Å². The van der Waals surface area contributed by atoms with E-state index in [0.29, 0.717) is 5.56 Å². The maximum atomic E-state index is 11.3. The van der Waals surface area contributed by atoms with Crippen LogP contribution in [0.5, 0.6) is 5.75 Å². The fourth-order valence-corrected chi connectivity index (χ4v) is 3.09. The second-order valence-corrected chi connectivity index (χ2v) is 5.96. The van der Waals surface area contributed by atoms with Crippen LogP contribution in [0.2, 0.25) is 0 Å². The van der Waals surface area contributed by atoms with E-state index in [1.54, 1.807) is 12.1 Å². The molecular formula is C18H20O3. The van der Waals surface area contributed by atoms with E-state index in [1.807, 2.05) is 24.3 Å². The fourth-order valence-electron chi connectivity index (χ4n) is 3.09. The molecule has 0 amide bonds. The molecule has 0 heterocycles. The summed E-state index contributed by atoms with van der Waals surface area (Å²) in [5, 5.41) is 10.9. The third-order valence-electron chi connectivity index (χ3n) is 4.37. The summed E-state index contributed by atoms with van der Waals surface area (Å²) in [7, 11) is 0. The van der Waals surface area contributed by atoms with Crippen molar-refractivity contribution in [3.05, 3.63) is 42.0 Å². The minimum atomic E-state index is -0.899. The molecule has 3 heteroatoms. The number of fused-ring (bicyclic) bond motifs is 1. The first-order valence-electron chi connectivity index (χ1n) is 7.57. The van der Waals surface area contributed by atoms with Gasteiger partial charge in [-0.25, -0.2) is 4.79 Å². The van der Waals surface area contributed by atoms with E-state index in [4.69, 9.17) is 4.74 Å². The van der Waals surface area contributed by atoms with Crippen LogP contribution in [0.25, 0.3) is 10.8 Å². The van der Waals surface area contributed by atoms with Crippen LogP contribution in [-0.4, -0.2) is 17.2 Å². The van der Waals surface area contributed by atoms with Gasteiger partial charge in [-0.1, -0.05) is 31.2 Å². The Balaban J connectivity index is 1.93. The monoisotopic (exact) mass is 284 g/mol. The van der Waals surface area contributed by atoms with Gasteiger partial charge in [0.05, 0.1) is 11.7 Å². The molecule has 1 aliphatic carbocycles.